The largest absolute Gasteiger partial charge is 0.490 e. The fourth-order valence-corrected chi connectivity index (χ4v) is 5.45. The molecular formula is C24H27F3N4O6. The third-order valence-electron chi connectivity index (χ3n) is 7.36. The quantitative estimate of drug-likeness (QED) is 0.498. The number of fused-ring (bicyclic) bond motifs is 1. The SMILES string of the molecule is O=C(O)C(F)(F)F.O=C1CCC(N2C(=O)c3ccc(N4CCCC5(CCNCC5)C4)cc3C2=O)C(=O)N1. The van der Waals surface area contributed by atoms with Crippen molar-refractivity contribution in [2.24, 2.45) is 5.41 Å². The molecule has 4 aliphatic heterocycles. The molecule has 1 aromatic rings. The van der Waals surface area contributed by atoms with Crippen LogP contribution in [0.4, 0.5) is 18.9 Å². The van der Waals surface area contributed by atoms with Crippen LogP contribution in [0, 0.1) is 5.41 Å². The molecule has 5 rings (SSSR count). The molecular weight excluding hydrogens is 497 g/mol. The Labute approximate surface area is 210 Å². The van der Waals surface area contributed by atoms with Crippen LogP contribution < -0.4 is 15.5 Å². The van der Waals surface area contributed by atoms with Gasteiger partial charge in [0.1, 0.15) is 6.04 Å². The zero-order valence-electron chi connectivity index (χ0n) is 19.9. The van der Waals surface area contributed by atoms with Gasteiger partial charge in [-0.3, -0.25) is 29.4 Å². The maximum absolute atomic E-state index is 13.1. The van der Waals surface area contributed by atoms with Gasteiger partial charge in [0.2, 0.25) is 11.8 Å². The van der Waals surface area contributed by atoms with Crippen molar-refractivity contribution in [3.63, 3.8) is 0 Å². The standard InChI is InChI=1S/C22H26N4O4.C2HF3O2/c27-18-5-4-17(19(28)24-18)26-20(29)15-3-2-14(12-16(15)21(26)30)25-11-1-6-22(13-25)7-9-23-10-8-22;3-2(4,5)1(6)7/h2-3,12,17,23H,1,4-11,13H2,(H,24,27,28);(H,6,7). The summed E-state index contributed by atoms with van der Waals surface area (Å²) in [6.45, 7) is 4.00. The normalized spacial score (nSPS) is 23.4. The summed E-state index contributed by atoms with van der Waals surface area (Å²) >= 11 is 0. The lowest BCUT2D eigenvalue weighted by molar-refractivity contribution is -0.192. The molecule has 0 saturated carbocycles. The Morgan fingerprint density at radius 3 is 2.30 bits per heavy atom. The Kier molecular flexibility index (Phi) is 7.27. The van der Waals surface area contributed by atoms with Crippen molar-refractivity contribution in [1.29, 1.82) is 0 Å². The van der Waals surface area contributed by atoms with E-state index in [1.165, 1.54) is 6.42 Å². The van der Waals surface area contributed by atoms with E-state index >= 15 is 0 Å². The molecule has 0 bridgehead atoms. The van der Waals surface area contributed by atoms with Crippen LogP contribution in [0.2, 0.25) is 0 Å². The molecule has 3 N–H and O–H groups in total. The molecule has 37 heavy (non-hydrogen) atoms. The number of carbonyl (C=O) groups is 5. The second-order valence-electron chi connectivity index (χ2n) is 9.76. The van der Waals surface area contributed by atoms with Crippen LogP contribution in [0.5, 0.6) is 0 Å². The van der Waals surface area contributed by atoms with Crippen molar-refractivity contribution < 1.29 is 42.3 Å². The number of hydrogen-bond acceptors (Lipinski definition) is 7. The smallest absolute Gasteiger partial charge is 0.475 e. The number of anilines is 1. The number of imide groups is 2. The maximum Gasteiger partial charge on any atom is 0.490 e. The number of halogens is 3. The van der Waals surface area contributed by atoms with E-state index in [9.17, 15) is 32.3 Å². The lowest BCUT2D eigenvalue weighted by Gasteiger charge is -2.46. The highest BCUT2D eigenvalue weighted by atomic mass is 19.4. The van der Waals surface area contributed by atoms with E-state index in [4.69, 9.17) is 9.90 Å². The van der Waals surface area contributed by atoms with E-state index in [0.29, 0.717) is 16.5 Å². The van der Waals surface area contributed by atoms with Gasteiger partial charge in [-0.2, -0.15) is 13.2 Å². The van der Waals surface area contributed by atoms with Gasteiger partial charge in [0.05, 0.1) is 11.1 Å². The second kappa shape index (κ2) is 10.1. The van der Waals surface area contributed by atoms with Gasteiger partial charge in [-0.15, -0.1) is 0 Å². The molecule has 10 nitrogen and oxygen atoms in total. The van der Waals surface area contributed by atoms with E-state index in [1.54, 1.807) is 6.07 Å². The van der Waals surface area contributed by atoms with Gasteiger partial charge in [0.25, 0.3) is 11.8 Å². The van der Waals surface area contributed by atoms with Crippen molar-refractivity contribution in [2.75, 3.05) is 31.1 Å². The minimum absolute atomic E-state index is 0.125. The Bertz CT molecular complexity index is 1130. The number of carbonyl (C=O) groups excluding carboxylic acids is 4. The lowest BCUT2D eigenvalue weighted by Crippen LogP contribution is -2.54. The van der Waals surface area contributed by atoms with Crippen molar-refractivity contribution in [1.82, 2.24) is 15.5 Å². The van der Waals surface area contributed by atoms with Gasteiger partial charge in [0, 0.05) is 25.2 Å². The van der Waals surface area contributed by atoms with Gasteiger partial charge in [-0.1, -0.05) is 0 Å². The monoisotopic (exact) mass is 524 g/mol. The topological polar surface area (TPSA) is 136 Å². The predicted octanol–water partition coefficient (Wildman–Crippen LogP) is 1.69. The van der Waals surface area contributed by atoms with Crippen LogP contribution >= 0.6 is 0 Å². The fourth-order valence-electron chi connectivity index (χ4n) is 5.45. The highest BCUT2D eigenvalue weighted by Gasteiger charge is 2.45. The summed E-state index contributed by atoms with van der Waals surface area (Å²) < 4.78 is 31.7. The van der Waals surface area contributed by atoms with Gasteiger partial charge in [-0.05, 0) is 68.8 Å². The van der Waals surface area contributed by atoms with E-state index < -0.39 is 35.9 Å². The number of hydrogen-bond donors (Lipinski definition) is 3. The Morgan fingerprint density at radius 2 is 1.68 bits per heavy atom. The number of amides is 4. The molecule has 1 aromatic carbocycles. The summed E-state index contributed by atoms with van der Waals surface area (Å²) in [4.78, 5) is 61.9. The number of nitrogens with zero attached hydrogens (tertiary/aromatic N) is 2. The molecule has 1 spiro atoms. The number of carboxylic acid groups (broad SMARTS) is 1. The van der Waals surface area contributed by atoms with Crippen LogP contribution in [0.25, 0.3) is 0 Å². The van der Waals surface area contributed by atoms with Crippen LogP contribution in [-0.4, -0.2) is 78.0 Å². The van der Waals surface area contributed by atoms with Gasteiger partial charge in [0.15, 0.2) is 0 Å². The molecule has 4 aliphatic rings. The maximum atomic E-state index is 13.1. The first kappa shape index (κ1) is 26.6. The van der Waals surface area contributed by atoms with E-state index in [-0.39, 0.29) is 18.7 Å². The first-order chi connectivity index (χ1) is 17.4. The number of benzene rings is 1. The van der Waals surface area contributed by atoms with E-state index in [0.717, 1.165) is 56.0 Å². The minimum atomic E-state index is -5.08. The molecule has 200 valence electrons. The number of carboxylic acids is 1. The number of nitrogens with one attached hydrogen (secondary N) is 2. The van der Waals surface area contributed by atoms with Crippen LogP contribution in [0.15, 0.2) is 18.2 Å². The molecule has 1 atom stereocenters. The molecule has 4 heterocycles. The number of piperidine rings is 3. The summed E-state index contributed by atoms with van der Waals surface area (Å²) in [7, 11) is 0. The molecule has 4 amide bonds. The Morgan fingerprint density at radius 1 is 1.03 bits per heavy atom. The first-order valence-electron chi connectivity index (χ1n) is 12.0. The lowest BCUT2D eigenvalue weighted by atomic mass is 9.73. The third kappa shape index (κ3) is 5.45. The Balaban J connectivity index is 0.000000405. The fraction of sp³-hybridized carbons (Fsp3) is 0.542. The summed E-state index contributed by atoms with van der Waals surface area (Å²) in [5.41, 5.74) is 1.97. The Hall–Kier alpha value is -3.48. The average molecular weight is 524 g/mol. The van der Waals surface area contributed by atoms with Gasteiger partial charge >= 0.3 is 12.1 Å². The van der Waals surface area contributed by atoms with Crippen LogP contribution in [0.3, 0.4) is 0 Å². The average Bonchev–Trinajstić information content (AvgIpc) is 3.09. The summed E-state index contributed by atoms with van der Waals surface area (Å²) in [5, 5.41) is 12.8. The van der Waals surface area contributed by atoms with Gasteiger partial charge in [-0.25, -0.2) is 4.79 Å². The molecule has 0 aliphatic carbocycles. The zero-order valence-corrected chi connectivity index (χ0v) is 19.9. The molecule has 0 aromatic heterocycles. The second-order valence-corrected chi connectivity index (χ2v) is 9.76. The molecule has 0 radical (unpaired) electrons. The minimum Gasteiger partial charge on any atom is -0.475 e. The number of aliphatic carboxylic acids is 1. The molecule has 3 saturated heterocycles. The third-order valence-corrected chi connectivity index (χ3v) is 7.36. The van der Waals surface area contributed by atoms with Gasteiger partial charge < -0.3 is 15.3 Å². The summed E-state index contributed by atoms with van der Waals surface area (Å²) in [6.07, 6.45) is -0.112. The van der Waals surface area contributed by atoms with Crippen molar-refractivity contribution in [3.05, 3.63) is 29.3 Å². The highest BCUT2D eigenvalue weighted by Crippen LogP contribution is 2.40. The van der Waals surface area contributed by atoms with E-state index in [1.807, 2.05) is 12.1 Å². The highest BCUT2D eigenvalue weighted by molar-refractivity contribution is 6.23. The summed E-state index contributed by atoms with van der Waals surface area (Å²) in [6, 6.07) is 4.51. The van der Waals surface area contributed by atoms with Crippen molar-refractivity contribution >= 4 is 35.3 Å². The molecule has 1 unspecified atom stereocenters. The predicted molar refractivity (Wildman–Crippen MR) is 123 cm³/mol. The number of rotatable bonds is 2. The molecule has 3 fully saturated rings. The number of alkyl halides is 3. The van der Waals surface area contributed by atoms with E-state index in [2.05, 4.69) is 15.5 Å². The summed E-state index contributed by atoms with van der Waals surface area (Å²) in [5.74, 6) is -4.60. The first-order valence-corrected chi connectivity index (χ1v) is 12.0. The zero-order chi connectivity index (χ0) is 27.0. The van der Waals surface area contributed by atoms with Crippen LogP contribution in [-0.2, 0) is 14.4 Å². The molecule has 13 heteroatoms. The van der Waals surface area contributed by atoms with Crippen LogP contribution in [0.1, 0.15) is 59.2 Å². The van der Waals surface area contributed by atoms with Crippen molar-refractivity contribution in [3.8, 4) is 0 Å². The van der Waals surface area contributed by atoms with Crippen molar-refractivity contribution in [2.45, 2.75) is 50.7 Å².